The molecule has 0 fully saturated rings. The molecule has 0 saturated carbocycles. The molecule has 1 aliphatic heterocycles. The number of rotatable bonds is 8. The van der Waals surface area contributed by atoms with Gasteiger partial charge in [0.25, 0.3) is 5.56 Å². The Hall–Kier alpha value is -2.34. The summed E-state index contributed by atoms with van der Waals surface area (Å²) in [4.78, 5) is 22.2. The summed E-state index contributed by atoms with van der Waals surface area (Å²) < 4.78 is 11.4. The number of hydrogen-bond donors (Lipinski definition) is 1. The van der Waals surface area contributed by atoms with Crippen molar-refractivity contribution in [1.82, 2.24) is 14.9 Å². The highest BCUT2D eigenvalue weighted by Gasteiger charge is 2.21. The largest absolute Gasteiger partial charge is 0.490 e. The second-order valence-electron chi connectivity index (χ2n) is 6.80. The minimum atomic E-state index is 0.0304. The molecule has 6 heteroatoms. The van der Waals surface area contributed by atoms with Gasteiger partial charge >= 0.3 is 0 Å². The Bertz CT molecular complexity index is 832. The number of aryl methyl sites for hydroxylation is 1. The highest BCUT2D eigenvalue weighted by Crippen LogP contribution is 2.29. The number of H-pyrrole nitrogens is 1. The highest BCUT2D eigenvalue weighted by molar-refractivity contribution is 5.43. The molecule has 0 bridgehead atoms. The SMILES string of the molecule is CCCc1nc2c(c(=O)[nH]1)CCN(Cc1ccc(OCC)c(OCC)c1)C2. The zero-order chi connectivity index (χ0) is 19.2. The molecule has 146 valence electrons. The molecule has 0 atom stereocenters. The van der Waals surface area contributed by atoms with E-state index in [0.29, 0.717) is 19.8 Å². The molecule has 0 saturated heterocycles. The summed E-state index contributed by atoms with van der Waals surface area (Å²) in [5.41, 5.74) is 2.96. The third-order valence-electron chi connectivity index (χ3n) is 4.70. The summed E-state index contributed by atoms with van der Waals surface area (Å²) in [7, 11) is 0. The molecule has 2 heterocycles. The maximum Gasteiger partial charge on any atom is 0.254 e. The average molecular weight is 371 g/mol. The second kappa shape index (κ2) is 9.04. The Morgan fingerprint density at radius 3 is 2.67 bits per heavy atom. The van der Waals surface area contributed by atoms with Crippen molar-refractivity contribution < 1.29 is 9.47 Å². The van der Waals surface area contributed by atoms with E-state index in [1.54, 1.807) is 0 Å². The van der Waals surface area contributed by atoms with Crippen molar-refractivity contribution in [2.45, 2.75) is 53.1 Å². The van der Waals surface area contributed by atoms with E-state index in [0.717, 1.165) is 60.9 Å². The van der Waals surface area contributed by atoms with Crippen molar-refractivity contribution in [3.05, 3.63) is 51.2 Å². The summed E-state index contributed by atoms with van der Waals surface area (Å²) >= 11 is 0. The van der Waals surface area contributed by atoms with Crippen molar-refractivity contribution >= 4 is 0 Å². The van der Waals surface area contributed by atoms with E-state index in [9.17, 15) is 4.79 Å². The fourth-order valence-electron chi connectivity index (χ4n) is 3.49. The van der Waals surface area contributed by atoms with Gasteiger partial charge in [-0.1, -0.05) is 13.0 Å². The van der Waals surface area contributed by atoms with E-state index in [1.807, 2.05) is 19.9 Å². The molecule has 1 aromatic heterocycles. The summed E-state index contributed by atoms with van der Waals surface area (Å²) in [5.74, 6) is 2.36. The molecule has 0 unspecified atom stereocenters. The van der Waals surface area contributed by atoms with Gasteiger partial charge < -0.3 is 14.5 Å². The van der Waals surface area contributed by atoms with Crippen LogP contribution in [-0.2, 0) is 25.9 Å². The van der Waals surface area contributed by atoms with Crippen molar-refractivity contribution in [3.8, 4) is 11.5 Å². The Morgan fingerprint density at radius 1 is 1.15 bits per heavy atom. The lowest BCUT2D eigenvalue weighted by Crippen LogP contribution is -2.35. The molecular formula is C21H29N3O3. The van der Waals surface area contributed by atoms with Crippen LogP contribution in [0, 0.1) is 0 Å². The first-order valence-electron chi connectivity index (χ1n) is 9.86. The van der Waals surface area contributed by atoms with E-state index in [2.05, 4.69) is 28.9 Å². The molecule has 0 amide bonds. The minimum Gasteiger partial charge on any atom is -0.490 e. The van der Waals surface area contributed by atoms with Gasteiger partial charge in [-0.05, 0) is 44.4 Å². The fraction of sp³-hybridized carbons (Fsp3) is 0.524. The van der Waals surface area contributed by atoms with Gasteiger partial charge in [-0.15, -0.1) is 0 Å². The number of nitrogens with zero attached hydrogens (tertiary/aromatic N) is 2. The van der Waals surface area contributed by atoms with Crippen molar-refractivity contribution in [2.24, 2.45) is 0 Å². The molecule has 1 aromatic carbocycles. The van der Waals surface area contributed by atoms with Gasteiger partial charge in [-0.2, -0.15) is 0 Å². The molecule has 27 heavy (non-hydrogen) atoms. The van der Waals surface area contributed by atoms with Gasteiger partial charge in [-0.3, -0.25) is 9.69 Å². The molecule has 2 aromatic rings. The normalized spacial score (nSPS) is 14.0. The third-order valence-corrected chi connectivity index (χ3v) is 4.70. The lowest BCUT2D eigenvalue weighted by Gasteiger charge is -2.28. The van der Waals surface area contributed by atoms with Crippen LogP contribution >= 0.6 is 0 Å². The van der Waals surface area contributed by atoms with Gasteiger partial charge in [0, 0.05) is 31.6 Å². The Labute approximate surface area is 160 Å². The van der Waals surface area contributed by atoms with Crippen LogP contribution < -0.4 is 15.0 Å². The summed E-state index contributed by atoms with van der Waals surface area (Å²) in [6, 6.07) is 6.11. The van der Waals surface area contributed by atoms with Crippen LogP contribution in [0.2, 0.25) is 0 Å². The number of aromatic nitrogens is 2. The Balaban J connectivity index is 1.76. The maximum absolute atomic E-state index is 12.3. The maximum atomic E-state index is 12.3. The summed E-state index contributed by atoms with van der Waals surface area (Å²) in [6.07, 6.45) is 2.51. The smallest absolute Gasteiger partial charge is 0.254 e. The third kappa shape index (κ3) is 4.69. The zero-order valence-electron chi connectivity index (χ0n) is 16.5. The molecule has 1 aliphatic rings. The van der Waals surface area contributed by atoms with Crippen molar-refractivity contribution in [3.63, 3.8) is 0 Å². The lowest BCUT2D eigenvalue weighted by atomic mass is 10.1. The summed E-state index contributed by atoms with van der Waals surface area (Å²) in [5, 5.41) is 0. The Kier molecular flexibility index (Phi) is 6.50. The van der Waals surface area contributed by atoms with E-state index in [4.69, 9.17) is 14.5 Å². The lowest BCUT2D eigenvalue weighted by molar-refractivity contribution is 0.238. The first kappa shape index (κ1) is 19.4. The van der Waals surface area contributed by atoms with Crippen LogP contribution in [0.3, 0.4) is 0 Å². The quantitative estimate of drug-likeness (QED) is 0.772. The van der Waals surface area contributed by atoms with Gasteiger partial charge in [0.15, 0.2) is 11.5 Å². The van der Waals surface area contributed by atoms with Gasteiger partial charge in [0.1, 0.15) is 5.82 Å². The molecule has 0 spiro atoms. The second-order valence-corrected chi connectivity index (χ2v) is 6.80. The van der Waals surface area contributed by atoms with Crippen LogP contribution in [0.5, 0.6) is 11.5 Å². The number of hydrogen-bond acceptors (Lipinski definition) is 5. The molecule has 0 aliphatic carbocycles. The first-order chi connectivity index (χ1) is 13.1. The number of nitrogens with one attached hydrogen (secondary N) is 1. The van der Waals surface area contributed by atoms with Crippen LogP contribution in [0.25, 0.3) is 0 Å². The van der Waals surface area contributed by atoms with E-state index in [-0.39, 0.29) is 5.56 Å². The number of aromatic amines is 1. The van der Waals surface area contributed by atoms with Crippen LogP contribution in [-0.4, -0.2) is 34.6 Å². The molecule has 1 N–H and O–H groups in total. The number of fused-ring (bicyclic) bond motifs is 1. The van der Waals surface area contributed by atoms with Gasteiger partial charge in [-0.25, -0.2) is 4.98 Å². The number of benzene rings is 1. The predicted octanol–water partition coefficient (Wildman–Crippen LogP) is 3.08. The van der Waals surface area contributed by atoms with E-state index >= 15 is 0 Å². The molecule has 0 radical (unpaired) electrons. The van der Waals surface area contributed by atoms with E-state index in [1.165, 1.54) is 5.56 Å². The van der Waals surface area contributed by atoms with Crippen molar-refractivity contribution in [1.29, 1.82) is 0 Å². The first-order valence-corrected chi connectivity index (χ1v) is 9.86. The Morgan fingerprint density at radius 2 is 1.93 bits per heavy atom. The average Bonchev–Trinajstić information content (AvgIpc) is 2.64. The van der Waals surface area contributed by atoms with E-state index < -0.39 is 0 Å². The van der Waals surface area contributed by atoms with Crippen LogP contribution in [0.1, 0.15) is 49.8 Å². The fourth-order valence-corrected chi connectivity index (χ4v) is 3.49. The zero-order valence-corrected chi connectivity index (χ0v) is 16.5. The minimum absolute atomic E-state index is 0.0304. The monoisotopic (exact) mass is 371 g/mol. The standard InChI is InChI=1S/C21H29N3O3/c1-4-7-20-22-17-14-24(11-10-16(17)21(25)23-20)13-15-8-9-18(26-5-2)19(12-15)27-6-3/h8-9,12H,4-7,10-11,13-14H2,1-3H3,(H,22,23,25). The highest BCUT2D eigenvalue weighted by atomic mass is 16.5. The molecule has 3 rings (SSSR count). The van der Waals surface area contributed by atoms with Crippen molar-refractivity contribution in [2.75, 3.05) is 19.8 Å². The molecule has 6 nitrogen and oxygen atoms in total. The van der Waals surface area contributed by atoms with Crippen LogP contribution in [0.4, 0.5) is 0 Å². The number of ether oxygens (including phenoxy) is 2. The van der Waals surface area contributed by atoms with Gasteiger partial charge in [0.05, 0.1) is 18.9 Å². The topological polar surface area (TPSA) is 67.5 Å². The summed E-state index contributed by atoms with van der Waals surface area (Å²) in [6.45, 7) is 9.60. The van der Waals surface area contributed by atoms with Gasteiger partial charge in [0.2, 0.25) is 0 Å². The van der Waals surface area contributed by atoms with Crippen LogP contribution in [0.15, 0.2) is 23.0 Å². The predicted molar refractivity (Wildman–Crippen MR) is 105 cm³/mol. The molecular weight excluding hydrogens is 342 g/mol.